The lowest BCUT2D eigenvalue weighted by Crippen LogP contribution is -2.02. The van der Waals surface area contributed by atoms with Crippen molar-refractivity contribution in [3.8, 4) is 0 Å². The van der Waals surface area contributed by atoms with Crippen LogP contribution in [0.15, 0.2) is 6.20 Å². The van der Waals surface area contributed by atoms with E-state index < -0.39 is 0 Å². The summed E-state index contributed by atoms with van der Waals surface area (Å²) < 4.78 is 4.80. The summed E-state index contributed by atoms with van der Waals surface area (Å²) >= 11 is 0. The van der Waals surface area contributed by atoms with E-state index in [0.29, 0.717) is 18.2 Å². The van der Waals surface area contributed by atoms with Crippen molar-refractivity contribution in [3.05, 3.63) is 17.5 Å². The number of aromatic amines is 1. The normalized spacial score (nSPS) is 10.6. The van der Waals surface area contributed by atoms with Gasteiger partial charge in [0.05, 0.1) is 13.3 Å². The predicted octanol–water partition coefficient (Wildman–Crippen LogP) is 2.09. The van der Waals surface area contributed by atoms with Crippen LogP contribution in [0, 0.1) is 5.41 Å². The first-order chi connectivity index (χ1) is 6.65. The molecule has 1 heterocycles. The average molecular weight is 195 g/mol. The Kier molecular flexibility index (Phi) is 3.68. The van der Waals surface area contributed by atoms with Crippen LogP contribution in [0.5, 0.6) is 0 Å². The highest BCUT2D eigenvalue weighted by Crippen LogP contribution is 2.17. The van der Waals surface area contributed by atoms with E-state index in [1.165, 1.54) is 12.7 Å². The summed E-state index contributed by atoms with van der Waals surface area (Å²) in [5.74, 6) is 0.769. The average Bonchev–Trinajstić information content (AvgIpc) is 2.62. The number of nitrogens with zero attached hydrogens (tertiary/aromatic N) is 1. The molecule has 0 amide bonds. The van der Waals surface area contributed by atoms with Gasteiger partial charge in [-0.25, -0.2) is 0 Å². The Hall–Kier alpha value is -1.32. The number of aromatic nitrogens is 2. The Bertz CT molecular complexity index is 304. The maximum Gasteiger partial charge on any atom is 0.180 e. The SMILES string of the molecule is COC(=N)CCc1cn[nH]c1C(C)C. The zero-order valence-corrected chi connectivity index (χ0v) is 8.92. The van der Waals surface area contributed by atoms with Gasteiger partial charge in [-0.2, -0.15) is 5.10 Å². The maximum absolute atomic E-state index is 7.36. The minimum Gasteiger partial charge on any atom is -0.484 e. The van der Waals surface area contributed by atoms with Crippen molar-refractivity contribution < 1.29 is 4.74 Å². The third-order valence-electron chi connectivity index (χ3n) is 2.20. The zero-order chi connectivity index (χ0) is 10.6. The number of ether oxygens (including phenoxy) is 1. The molecule has 1 aromatic rings. The molecule has 4 nitrogen and oxygen atoms in total. The second-order valence-electron chi connectivity index (χ2n) is 3.59. The molecule has 0 radical (unpaired) electrons. The molecule has 0 saturated heterocycles. The zero-order valence-electron chi connectivity index (χ0n) is 8.92. The molecule has 0 atom stereocenters. The predicted molar refractivity (Wildman–Crippen MR) is 55.7 cm³/mol. The van der Waals surface area contributed by atoms with E-state index in [0.717, 1.165) is 12.1 Å². The van der Waals surface area contributed by atoms with Crippen LogP contribution in [0.4, 0.5) is 0 Å². The molecule has 0 unspecified atom stereocenters. The van der Waals surface area contributed by atoms with E-state index in [2.05, 4.69) is 24.0 Å². The number of rotatable bonds is 4. The van der Waals surface area contributed by atoms with Crippen LogP contribution in [0.25, 0.3) is 0 Å². The summed E-state index contributed by atoms with van der Waals surface area (Å²) in [6, 6.07) is 0. The molecule has 1 aromatic heterocycles. The van der Waals surface area contributed by atoms with E-state index in [-0.39, 0.29) is 0 Å². The van der Waals surface area contributed by atoms with Crippen molar-refractivity contribution in [1.82, 2.24) is 10.2 Å². The van der Waals surface area contributed by atoms with Crippen LogP contribution >= 0.6 is 0 Å². The summed E-state index contributed by atoms with van der Waals surface area (Å²) in [7, 11) is 1.53. The number of nitrogens with one attached hydrogen (secondary N) is 2. The van der Waals surface area contributed by atoms with Crippen LogP contribution in [0.1, 0.15) is 37.4 Å². The summed E-state index contributed by atoms with van der Waals surface area (Å²) in [6.07, 6.45) is 3.28. The molecule has 0 aliphatic rings. The van der Waals surface area contributed by atoms with Crippen molar-refractivity contribution in [1.29, 1.82) is 5.41 Å². The summed E-state index contributed by atoms with van der Waals surface area (Å²) in [5, 5.41) is 14.4. The smallest absolute Gasteiger partial charge is 0.180 e. The molecule has 0 bridgehead atoms. The molecule has 78 valence electrons. The third-order valence-corrected chi connectivity index (χ3v) is 2.20. The van der Waals surface area contributed by atoms with Crippen LogP contribution < -0.4 is 0 Å². The first-order valence-electron chi connectivity index (χ1n) is 4.78. The number of hydrogen-bond acceptors (Lipinski definition) is 3. The van der Waals surface area contributed by atoms with Gasteiger partial charge in [0.1, 0.15) is 0 Å². The quantitative estimate of drug-likeness (QED) is 0.570. The Morgan fingerprint density at radius 3 is 2.93 bits per heavy atom. The van der Waals surface area contributed by atoms with E-state index in [1.807, 2.05) is 6.20 Å². The second kappa shape index (κ2) is 4.79. The molecule has 0 saturated carbocycles. The summed E-state index contributed by atoms with van der Waals surface area (Å²) in [4.78, 5) is 0. The highest BCUT2D eigenvalue weighted by atomic mass is 16.5. The number of H-pyrrole nitrogens is 1. The Labute approximate surface area is 84.2 Å². The van der Waals surface area contributed by atoms with Gasteiger partial charge in [0.25, 0.3) is 0 Å². The van der Waals surface area contributed by atoms with Crippen molar-refractivity contribution in [2.45, 2.75) is 32.6 Å². The molecular weight excluding hydrogens is 178 g/mol. The van der Waals surface area contributed by atoms with Crippen molar-refractivity contribution >= 4 is 5.90 Å². The van der Waals surface area contributed by atoms with Gasteiger partial charge in [-0.3, -0.25) is 10.5 Å². The lowest BCUT2D eigenvalue weighted by atomic mass is 10.0. The van der Waals surface area contributed by atoms with Crippen LogP contribution in [-0.2, 0) is 11.2 Å². The van der Waals surface area contributed by atoms with Gasteiger partial charge in [-0.15, -0.1) is 0 Å². The van der Waals surface area contributed by atoms with E-state index >= 15 is 0 Å². The van der Waals surface area contributed by atoms with Gasteiger partial charge in [-0.1, -0.05) is 13.8 Å². The first kappa shape index (κ1) is 10.8. The lowest BCUT2D eigenvalue weighted by Gasteiger charge is -2.06. The number of methoxy groups -OCH3 is 1. The highest BCUT2D eigenvalue weighted by molar-refractivity contribution is 5.72. The minimum atomic E-state index is 0.320. The number of hydrogen-bond donors (Lipinski definition) is 2. The monoisotopic (exact) mass is 195 g/mol. The Balaban J connectivity index is 2.58. The third kappa shape index (κ3) is 2.58. The molecule has 0 aliphatic heterocycles. The fraction of sp³-hybridized carbons (Fsp3) is 0.600. The van der Waals surface area contributed by atoms with Gasteiger partial charge in [0, 0.05) is 12.1 Å². The molecule has 0 aromatic carbocycles. The minimum absolute atomic E-state index is 0.320. The molecule has 0 aliphatic carbocycles. The molecular formula is C10H17N3O. The van der Waals surface area contributed by atoms with Crippen molar-refractivity contribution in [2.24, 2.45) is 0 Å². The Morgan fingerprint density at radius 2 is 2.36 bits per heavy atom. The van der Waals surface area contributed by atoms with Gasteiger partial charge in [0.2, 0.25) is 0 Å². The van der Waals surface area contributed by atoms with E-state index in [9.17, 15) is 0 Å². The maximum atomic E-state index is 7.36. The van der Waals surface area contributed by atoms with Crippen LogP contribution in [0.3, 0.4) is 0 Å². The molecule has 14 heavy (non-hydrogen) atoms. The van der Waals surface area contributed by atoms with Crippen molar-refractivity contribution in [2.75, 3.05) is 7.11 Å². The standard InChI is InChI=1S/C10H17N3O/c1-7(2)10-8(6-12-13-10)4-5-9(11)14-3/h6-7,11H,4-5H2,1-3H3,(H,12,13). The molecule has 0 spiro atoms. The molecule has 2 N–H and O–H groups in total. The van der Waals surface area contributed by atoms with Crippen LogP contribution in [0.2, 0.25) is 0 Å². The largest absolute Gasteiger partial charge is 0.484 e. The molecule has 1 rings (SSSR count). The van der Waals surface area contributed by atoms with E-state index in [1.54, 1.807) is 0 Å². The van der Waals surface area contributed by atoms with Crippen molar-refractivity contribution in [3.63, 3.8) is 0 Å². The van der Waals surface area contributed by atoms with Gasteiger partial charge >= 0.3 is 0 Å². The van der Waals surface area contributed by atoms with E-state index in [4.69, 9.17) is 10.1 Å². The second-order valence-corrected chi connectivity index (χ2v) is 3.59. The topological polar surface area (TPSA) is 61.8 Å². The summed E-state index contributed by atoms with van der Waals surface area (Å²) in [6.45, 7) is 4.25. The summed E-state index contributed by atoms with van der Waals surface area (Å²) in [5.41, 5.74) is 2.34. The number of aryl methyl sites for hydroxylation is 1. The van der Waals surface area contributed by atoms with Gasteiger partial charge in [0.15, 0.2) is 5.90 Å². The highest BCUT2D eigenvalue weighted by Gasteiger charge is 2.09. The lowest BCUT2D eigenvalue weighted by molar-refractivity contribution is 0.386. The van der Waals surface area contributed by atoms with Gasteiger partial charge < -0.3 is 4.74 Å². The fourth-order valence-electron chi connectivity index (χ4n) is 1.37. The first-order valence-corrected chi connectivity index (χ1v) is 4.78. The molecule has 0 fully saturated rings. The molecule has 4 heteroatoms. The van der Waals surface area contributed by atoms with Gasteiger partial charge in [-0.05, 0) is 17.9 Å². The fourth-order valence-corrected chi connectivity index (χ4v) is 1.37. The Morgan fingerprint density at radius 1 is 1.64 bits per heavy atom. The van der Waals surface area contributed by atoms with Crippen LogP contribution in [-0.4, -0.2) is 23.2 Å².